The normalized spacial score (nSPS) is 13.7. The lowest BCUT2D eigenvalue weighted by Crippen LogP contribution is -2.21. The maximum atomic E-state index is 9.79. The summed E-state index contributed by atoms with van der Waals surface area (Å²) in [4.78, 5) is 0. The van der Waals surface area contributed by atoms with E-state index in [0.717, 1.165) is 0 Å². The first-order valence-corrected chi connectivity index (χ1v) is 3.73. The Kier molecular flexibility index (Phi) is 7.46. The second kappa shape index (κ2) is 5.91. The number of rotatable bonds is 4. The Labute approximate surface area is 74.9 Å². The third-order valence-corrected chi connectivity index (χ3v) is 1.05. The van der Waals surface area contributed by atoms with Gasteiger partial charge in [0, 0.05) is 0 Å². The highest BCUT2D eigenvalue weighted by Crippen LogP contribution is 1.88. The predicted molar refractivity (Wildman–Crippen MR) is 40.5 cm³/mol. The van der Waals surface area contributed by atoms with Gasteiger partial charge in [-0.1, -0.05) is 0 Å². The van der Waals surface area contributed by atoms with Gasteiger partial charge in [-0.15, -0.1) is 0 Å². The number of hydrogen-bond acceptors (Lipinski definition) is 5. The number of aliphatic hydroxyl groups is 2. The van der Waals surface area contributed by atoms with Crippen LogP contribution in [-0.4, -0.2) is 59.9 Å². The van der Waals surface area contributed by atoms with E-state index in [0.29, 0.717) is 0 Å². The molecular weight excluding hydrogens is 191 g/mol. The molecule has 0 fully saturated rings. The van der Waals surface area contributed by atoms with Gasteiger partial charge in [0.05, 0.1) is 13.2 Å². The van der Waals surface area contributed by atoms with Gasteiger partial charge in [-0.2, -0.15) is 8.42 Å². The highest BCUT2D eigenvalue weighted by molar-refractivity contribution is 7.80. The highest BCUT2D eigenvalue weighted by Gasteiger charge is 2.08. The van der Waals surface area contributed by atoms with Gasteiger partial charge in [-0.25, -0.2) is 4.18 Å². The van der Waals surface area contributed by atoms with E-state index in [1.165, 1.54) is 0 Å². The molecular formula is C3H11AlO6S. The third kappa shape index (κ3) is 10.3. The minimum atomic E-state index is -4.50. The summed E-state index contributed by atoms with van der Waals surface area (Å²) in [5.74, 6) is 0. The Morgan fingerprint density at radius 3 is 2.18 bits per heavy atom. The molecule has 8 heteroatoms. The van der Waals surface area contributed by atoms with Crippen molar-refractivity contribution in [3.05, 3.63) is 0 Å². The standard InChI is InChI=1S/C3H8O6S.Al.3H/c4-1-3(5)2-9-10(6,7)8;;;;/h3-5H,1-2H2,(H,6,7,8);;;;. The van der Waals surface area contributed by atoms with Crippen molar-refractivity contribution in [2.24, 2.45) is 0 Å². The molecule has 0 bridgehead atoms. The first-order valence-electron chi connectivity index (χ1n) is 2.36. The van der Waals surface area contributed by atoms with Crippen molar-refractivity contribution in [3.8, 4) is 0 Å². The van der Waals surface area contributed by atoms with Crippen LogP contribution >= 0.6 is 0 Å². The van der Waals surface area contributed by atoms with E-state index in [-0.39, 0.29) is 17.4 Å². The molecule has 0 aromatic carbocycles. The minimum Gasteiger partial charge on any atom is -0.394 e. The molecule has 11 heavy (non-hydrogen) atoms. The quantitative estimate of drug-likeness (QED) is 0.331. The zero-order chi connectivity index (χ0) is 8.20. The van der Waals surface area contributed by atoms with Crippen molar-refractivity contribution in [2.45, 2.75) is 6.10 Å². The van der Waals surface area contributed by atoms with Crippen LogP contribution < -0.4 is 0 Å². The summed E-state index contributed by atoms with van der Waals surface area (Å²) in [5, 5.41) is 16.6. The zero-order valence-corrected chi connectivity index (χ0v) is 5.78. The van der Waals surface area contributed by atoms with Crippen molar-refractivity contribution in [1.29, 1.82) is 0 Å². The molecule has 1 unspecified atom stereocenters. The molecule has 68 valence electrons. The average Bonchev–Trinajstić information content (AvgIpc) is 1.81. The summed E-state index contributed by atoms with van der Waals surface area (Å²) in [6.07, 6.45) is -1.29. The van der Waals surface area contributed by atoms with Crippen LogP contribution in [0.3, 0.4) is 0 Å². The molecule has 0 spiro atoms. The highest BCUT2D eigenvalue weighted by atomic mass is 32.3. The fraction of sp³-hybridized carbons (Fsp3) is 1.00. The van der Waals surface area contributed by atoms with E-state index >= 15 is 0 Å². The van der Waals surface area contributed by atoms with Crippen LogP contribution in [0.15, 0.2) is 0 Å². The van der Waals surface area contributed by atoms with Crippen LogP contribution in [0.5, 0.6) is 0 Å². The Morgan fingerprint density at radius 1 is 1.45 bits per heavy atom. The molecule has 6 nitrogen and oxygen atoms in total. The van der Waals surface area contributed by atoms with Gasteiger partial charge < -0.3 is 10.2 Å². The molecule has 0 aromatic rings. The largest absolute Gasteiger partial charge is 0.397 e. The maximum absolute atomic E-state index is 9.79. The van der Waals surface area contributed by atoms with Gasteiger partial charge in [0.2, 0.25) is 0 Å². The smallest absolute Gasteiger partial charge is 0.394 e. The van der Waals surface area contributed by atoms with Crippen molar-refractivity contribution >= 4 is 27.8 Å². The van der Waals surface area contributed by atoms with Crippen LogP contribution in [0.25, 0.3) is 0 Å². The summed E-state index contributed by atoms with van der Waals surface area (Å²) in [7, 11) is -4.50. The molecule has 0 radical (unpaired) electrons. The topological polar surface area (TPSA) is 104 Å². The lowest BCUT2D eigenvalue weighted by atomic mass is 10.4. The van der Waals surface area contributed by atoms with Gasteiger partial charge in [-0.3, -0.25) is 4.55 Å². The van der Waals surface area contributed by atoms with E-state index < -0.39 is 29.7 Å². The van der Waals surface area contributed by atoms with Crippen molar-refractivity contribution < 1.29 is 27.4 Å². The molecule has 0 aliphatic rings. The van der Waals surface area contributed by atoms with Crippen LogP contribution in [0.1, 0.15) is 0 Å². The van der Waals surface area contributed by atoms with E-state index in [9.17, 15) is 8.42 Å². The minimum absolute atomic E-state index is 0. The van der Waals surface area contributed by atoms with Gasteiger partial charge in [0.25, 0.3) is 0 Å². The van der Waals surface area contributed by atoms with Crippen LogP contribution in [0.4, 0.5) is 0 Å². The van der Waals surface area contributed by atoms with Crippen LogP contribution in [0, 0.1) is 0 Å². The van der Waals surface area contributed by atoms with Gasteiger partial charge >= 0.3 is 10.4 Å². The number of aliphatic hydroxyl groups excluding tert-OH is 2. The molecule has 0 saturated carbocycles. The molecule has 0 rings (SSSR count). The molecule has 0 heterocycles. The summed E-state index contributed by atoms with van der Waals surface area (Å²) < 4.78 is 31.2. The summed E-state index contributed by atoms with van der Waals surface area (Å²) in [6, 6.07) is 0. The molecule has 0 amide bonds. The van der Waals surface area contributed by atoms with E-state index in [1.807, 2.05) is 0 Å². The zero-order valence-electron chi connectivity index (χ0n) is 4.97. The Bertz CT molecular complexity index is 176. The Morgan fingerprint density at radius 2 is 1.91 bits per heavy atom. The molecule has 0 aliphatic heterocycles. The monoisotopic (exact) mass is 202 g/mol. The maximum Gasteiger partial charge on any atom is 0.397 e. The fourth-order valence-electron chi connectivity index (χ4n) is 0.217. The van der Waals surface area contributed by atoms with Gasteiger partial charge in [0.1, 0.15) is 6.10 Å². The Balaban J connectivity index is 0. The molecule has 0 saturated heterocycles. The van der Waals surface area contributed by atoms with E-state index in [2.05, 4.69) is 4.18 Å². The van der Waals surface area contributed by atoms with Crippen molar-refractivity contribution in [1.82, 2.24) is 0 Å². The van der Waals surface area contributed by atoms with Crippen LogP contribution in [-0.2, 0) is 14.6 Å². The van der Waals surface area contributed by atoms with E-state index in [1.54, 1.807) is 0 Å². The second-order valence-electron chi connectivity index (χ2n) is 1.55. The van der Waals surface area contributed by atoms with Gasteiger partial charge in [0.15, 0.2) is 17.4 Å². The third-order valence-electron chi connectivity index (χ3n) is 0.620. The van der Waals surface area contributed by atoms with Crippen LogP contribution in [0.2, 0.25) is 0 Å². The van der Waals surface area contributed by atoms with Crippen molar-refractivity contribution in [3.63, 3.8) is 0 Å². The lowest BCUT2D eigenvalue weighted by molar-refractivity contribution is 0.0517. The lowest BCUT2D eigenvalue weighted by Gasteiger charge is -2.03. The second-order valence-corrected chi connectivity index (χ2v) is 2.64. The average molecular weight is 202 g/mol. The fourth-order valence-corrected chi connectivity index (χ4v) is 0.546. The molecule has 3 N–H and O–H groups in total. The first kappa shape index (κ1) is 13.9. The summed E-state index contributed by atoms with van der Waals surface area (Å²) in [6.45, 7) is -1.26. The van der Waals surface area contributed by atoms with E-state index in [4.69, 9.17) is 14.8 Å². The molecule has 1 atom stereocenters. The molecule has 0 aliphatic carbocycles. The first-order chi connectivity index (χ1) is 4.45. The predicted octanol–water partition coefficient (Wildman–Crippen LogP) is -3.02. The Hall–Kier alpha value is 0.322. The van der Waals surface area contributed by atoms with Crippen molar-refractivity contribution in [2.75, 3.05) is 13.2 Å². The molecule has 0 aromatic heterocycles. The number of hydrogen-bond donors (Lipinski definition) is 3. The van der Waals surface area contributed by atoms with Gasteiger partial charge in [-0.05, 0) is 0 Å². The summed E-state index contributed by atoms with van der Waals surface area (Å²) in [5.41, 5.74) is 0. The SMILES string of the molecule is O=S(=O)(O)OCC(O)CO.[AlH3]. The summed E-state index contributed by atoms with van der Waals surface area (Å²) >= 11 is 0.